The number of likely N-dealkylation sites (N-methyl/N-ethyl adjacent to an activating group) is 1. The van der Waals surface area contributed by atoms with Gasteiger partial charge in [0.05, 0.1) is 18.3 Å². The second kappa shape index (κ2) is 8.11. The van der Waals surface area contributed by atoms with Gasteiger partial charge in [-0.15, -0.1) is 5.10 Å². The molecule has 1 aromatic heterocycles. The standard InChI is InChI=1S/C18H25N5O2/c1-14-17(20-21-23(14)15-8-10-19-11-9-15)18(24)22(2)12-13-25-16-6-4-3-5-7-16/h3-7,15,19H,8-13H2,1-2H3. The van der Waals surface area contributed by atoms with Crippen LogP contribution in [0.2, 0.25) is 0 Å². The molecule has 1 aliphatic rings. The molecule has 0 unspecified atom stereocenters. The van der Waals surface area contributed by atoms with E-state index in [1.807, 2.05) is 41.9 Å². The van der Waals surface area contributed by atoms with Crippen LogP contribution in [0.25, 0.3) is 0 Å². The highest BCUT2D eigenvalue weighted by Gasteiger charge is 2.24. The first-order chi connectivity index (χ1) is 12.2. The predicted octanol–water partition coefficient (Wildman–Crippen LogP) is 1.66. The fraction of sp³-hybridized carbons (Fsp3) is 0.500. The number of hydrogen-bond acceptors (Lipinski definition) is 5. The van der Waals surface area contributed by atoms with Crippen molar-refractivity contribution in [2.24, 2.45) is 0 Å². The molecule has 134 valence electrons. The molecule has 0 spiro atoms. The van der Waals surface area contributed by atoms with Gasteiger partial charge in [-0.2, -0.15) is 0 Å². The molecule has 1 saturated heterocycles. The molecule has 0 bridgehead atoms. The Kier molecular flexibility index (Phi) is 5.65. The lowest BCUT2D eigenvalue weighted by Crippen LogP contribution is -2.32. The molecule has 7 heteroatoms. The molecule has 3 rings (SSSR count). The van der Waals surface area contributed by atoms with Crippen LogP contribution in [-0.4, -0.2) is 59.1 Å². The molecule has 0 saturated carbocycles. The molecule has 1 aliphatic heterocycles. The Labute approximate surface area is 148 Å². The average Bonchev–Trinajstić information content (AvgIpc) is 3.04. The van der Waals surface area contributed by atoms with Crippen molar-refractivity contribution in [3.63, 3.8) is 0 Å². The zero-order chi connectivity index (χ0) is 17.6. The van der Waals surface area contributed by atoms with Crippen LogP contribution in [0.5, 0.6) is 5.75 Å². The van der Waals surface area contributed by atoms with E-state index in [4.69, 9.17) is 4.74 Å². The van der Waals surface area contributed by atoms with Gasteiger partial charge in [-0.3, -0.25) is 4.79 Å². The number of hydrogen-bond donors (Lipinski definition) is 1. The third-order valence-corrected chi connectivity index (χ3v) is 4.57. The number of ether oxygens (including phenoxy) is 1. The van der Waals surface area contributed by atoms with E-state index >= 15 is 0 Å². The summed E-state index contributed by atoms with van der Waals surface area (Å²) < 4.78 is 7.56. The summed E-state index contributed by atoms with van der Waals surface area (Å²) in [6, 6.07) is 9.91. The lowest BCUT2D eigenvalue weighted by molar-refractivity contribution is 0.0767. The molecular weight excluding hydrogens is 318 g/mol. The zero-order valence-corrected chi connectivity index (χ0v) is 14.8. The van der Waals surface area contributed by atoms with Crippen molar-refractivity contribution >= 4 is 5.91 Å². The number of nitrogens with one attached hydrogen (secondary N) is 1. The molecule has 2 aromatic rings. The molecule has 1 fully saturated rings. The molecule has 25 heavy (non-hydrogen) atoms. The van der Waals surface area contributed by atoms with Crippen LogP contribution in [0.3, 0.4) is 0 Å². The van der Waals surface area contributed by atoms with Gasteiger partial charge in [-0.1, -0.05) is 23.4 Å². The molecule has 0 aliphatic carbocycles. The van der Waals surface area contributed by atoms with Gasteiger partial charge in [0.25, 0.3) is 5.91 Å². The highest BCUT2D eigenvalue weighted by atomic mass is 16.5. The topological polar surface area (TPSA) is 72.3 Å². The Bertz CT molecular complexity index is 695. The summed E-state index contributed by atoms with van der Waals surface area (Å²) in [6.07, 6.45) is 2.02. The summed E-state index contributed by atoms with van der Waals surface area (Å²) >= 11 is 0. The SMILES string of the molecule is Cc1c(C(=O)N(C)CCOc2ccccc2)nnn1C1CCNCC1. The van der Waals surface area contributed by atoms with Gasteiger partial charge >= 0.3 is 0 Å². The van der Waals surface area contributed by atoms with Crippen molar-refractivity contribution in [1.29, 1.82) is 0 Å². The summed E-state index contributed by atoms with van der Waals surface area (Å²) in [5, 5.41) is 11.7. The maximum atomic E-state index is 12.6. The number of aromatic nitrogens is 3. The number of benzene rings is 1. The minimum Gasteiger partial charge on any atom is -0.492 e. The van der Waals surface area contributed by atoms with E-state index < -0.39 is 0 Å². The number of amides is 1. The van der Waals surface area contributed by atoms with Gasteiger partial charge in [-0.05, 0) is 45.0 Å². The van der Waals surface area contributed by atoms with Crippen molar-refractivity contribution in [2.45, 2.75) is 25.8 Å². The quantitative estimate of drug-likeness (QED) is 0.864. The second-order valence-corrected chi connectivity index (χ2v) is 6.34. The predicted molar refractivity (Wildman–Crippen MR) is 94.8 cm³/mol. The largest absolute Gasteiger partial charge is 0.492 e. The maximum absolute atomic E-state index is 12.6. The minimum absolute atomic E-state index is 0.116. The van der Waals surface area contributed by atoms with E-state index in [0.717, 1.165) is 37.4 Å². The highest BCUT2D eigenvalue weighted by Crippen LogP contribution is 2.20. The monoisotopic (exact) mass is 343 g/mol. The highest BCUT2D eigenvalue weighted by molar-refractivity contribution is 5.93. The Morgan fingerprint density at radius 3 is 2.76 bits per heavy atom. The van der Waals surface area contributed by atoms with E-state index in [2.05, 4.69) is 15.6 Å². The number of para-hydroxylation sites is 1. The van der Waals surface area contributed by atoms with E-state index in [9.17, 15) is 4.79 Å². The van der Waals surface area contributed by atoms with E-state index in [1.165, 1.54) is 0 Å². The van der Waals surface area contributed by atoms with Crippen LogP contribution in [0.15, 0.2) is 30.3 Å². The van der Waals surface area contributed by atoms with Gasteiger partial charge in [0.1, 0.15) is 12.4 Å². The number of carbonyl (C=O) groups is 1. The summed E-state index contributed by atoms with van der Waals surface area (Å²) in [4.78, 5) is 14.3. The maximum Gasteiger partial charge on any atom is 0.276 e. The fourth-order valence-electron chi connectivity index (χ4n) is 3.04. The summed E-state index contributed by atoms with van der Waals surface area (Å²) in [5.74, 6) is 0.686. The minimum atomic E-state index is -0.116. The van der Waals surface area contributed by atoms with Crippen molar-refractivity contribution in [2.75, 3.05) is 33.3 Å². The molecule has 0 radical (unpaired) electrons. The molecule has 1 aromatic carbocycles. The van der Waals surface area contributed by atoms with Gasteiger partial charge in [-0.25, -0.2) is 4.68 Å². The van der Waals surface area contributed by atoms with Crippen molar-refractivity contribution < 1.29 is 9.53 Å². The number of piperidine rings is 1. The van der Waals surface area contributed by atoms with Gasteiger partial charge < -0.3 is 15.0 Å². The molecular formula is C18H25N5O2. The smallest absolute Gasteiger partial charge is 0.276 e. The number of rotatable bonds is 6. The van der Waals surface area contributed by atoms with Crippen molar-refractivity contribution in [3.8, 4) is 5.75 Å². The second-order valence-electron chi connectivity index (χ2n) is 6.34. The fourth-order valence-corrected chi connectivity index (χ4v) is 3.04. The Balaban J connectivity index is 1.57. The first kappa shape index (κ1) is 17.4. The summed E-state index contributed by atoms with van der Waals surface area (Å²) in [7, 11) is 1.76. The first-order valence-corrected chi connectivity index (χ1v) is 8.72. The van der Waals surface area contributed by atoms with Crippen LogP contribution in [-0.2, 0) is 0 Å². The van der Waals surface area contributed by atoms with Crippen LogP contribution in [0, 0.1) is 6.92 Å². The third kappa shape index (κ3) is 4.17. The Morgan fingerprint density at radius 2 is 2.04 bits per heavy atom. The van der Waals surface area contributed by atoms with Crippen LogP contribution in [0.4, 0.5) is 0 Å². The van der Waals surface area contributed by atoms with Crippen LogP contribution in [0.1, 0.15) is 35.1 Å². The lowest BCUT2D eigenvalue weighted by atomic mass is 10.1. The molecule has 1 amide bonds. The number of carbonyl (C=O) groups excluding carboxylic acids is 1. The summed E-state index contributed by atoms with van der Waals surface area (Å²) in [6.45, 7) is 4.80. The lowest BCUT2D eigenvalue weighted by Gasteiger charge is -2.23. The van der Waals surface area contributed by atoms with Gasteiger partial charge in [0, 0.05) is 7.05 Å². The van der Waals surface area contributed by atoms with E-state index in [-0.39, 0.29) is 5.91 Å². The normalized spacial score (nSPS) is 15.1. The third-order valence-electron chi connectivity index (χ3n) is 4.57. The zero-order valence-electron chi connectivity index (χ0n) is 14.8. The Morgan fingerprint density at radius 1 is 1.32 bits per heavy atom. The van der Waals surface area contributed by atoms with Gasteiger partial charge in [0.15, 0.2) is 5.69 Å². The van der Waals surface area contributed by atoms with Crippen LogP contribution < -0.4 is 10.1 Å². The number of nitrogens with zero attached hydrogens (tertiary/aromatic N) is 4. The van der Waals surface area contributed by atoms with Gasteiger partial charge in [0.2, 0.25) is 0 Å². The summed E-state index contributed by atoms with van der Waals surface area (Å²) in [5.41, 5.74) is 1.27. The molecule has 1 N–H and O–H groups in total. The molecule has 0 atom stereocenters. The Hall–Kier alpha value is -2.41. The van der Waals surface area contributed by atoms with E-state index in [1.54, 1.807) is 11.9 Å². The molecule has 7 nitrogen and oxygen atoms in total. The van der Waals surface area contributed by atoms with Crippen molar-refractivity contribution in [3.05, 3.63) is 41.7 Å². The average molecular weight is 343 g/mol. The molecule has 2 heterocycles. The van der Waals surface area contributed by atoms with Crippen molar-refractivity contribution in [1.82, 2.24) is 25.2 Å². The van der Waals surface area contributed by atoms with E-state index in [0.29, 0.717) is 24.9 Å². The van der Waals surface area contributed by atoms with Crippen LogP contribution >= 0.6 is 0 Å². The first-order valence-electron chi connectivity index (χ1n) is 8.72.